The minimum Gasteiger partial charge on any atom is -0.394 e. The van der Waals surface area contributed by atoms with Crippen molar-refractivity contribution < 1.29 is 9.90 Å². The molecular weight excluding hydrogens is 312 g/mol. The minimum absolute atomic E-state index is 0.246. The van der Waals surface area contributed by atoms with Gasteiger partial charge in [0.05, 0.1) is 12.6 Å². The molecule has 3 N–H and O–H groups in total. The molecule has 0 aliphatic carbocycles. The second kappa shape index (κ2) is 12.6. The molecule has 1 rings (SSSR count). The fraction of sp³-hybridized carbons (Fsp3) is 0.619. The van der Waals surface area contributed by atoms with E-state index in [0.29, 0.717) is 5.56 Å². The van der Waals surface area contributed by atoms with Gasteiger partial charge in [-0.25, -0.2) is 0 Å². The Hall–Kier alpha value is -1.68. The van der Waals surface area contributed by atoms with Gasteiger partial charge in [-0.3, -0.25) is 4.79 Å². The maximum Gasteiger partial charge on any atom is 0.251 e. The van der Waals surface area contributed by atoms with Crippen LogP contribution in [0.3, 0.4) is 0 Å². The quantitative estimate of drug-likeness (QED) is 0.363. The molecule has 0 aliphatic rings. The van der Waals surface area contributed by atoms with E-state index < -0.39 is 6.04 Å². The molecule has 1 aromatic carbocycles. The highest BCUT2D eigenvalue weighted by molar-refractivity contribution is 5.98. The Bertz CT molecular complexity index is 511. The SMILES string of the molecule is CCCCCCCCCCc1ccc(C(=O)NC(CO)C(C)=N)cc1. The van der Waals surface area contributed by atoms with Gasteiger partial charge in [0.2, 0.25) is 0 Å². The highest BCUT2D eigenvalue weighted by Gasteiger charge is 2.14. The van der Waals surface area contributed by atoms with Gasteiger partial charge in [-0.15, -0.1) is 0 Å². The fourth-order valence-corrected chi connectivity index (χ4v) is 2.82. The number of hydrogen-bond acceptors (Lipinski definition) is 3. The smallest absolute Gasteiger partial charge is 0.251 e. The average molecular weight is 347 g/mol. The molecule has 1 aromatic rings. The molecule has 0 radical (unpaired) electrons. The van der Waals surface area contributed by atoms with E-state index in [-0.39, 0.29) is 18.2 Å². The highest BCUT2D eigenvalue weighted by atomic mass is 16.3. The Morgan fingerprint density at radius 1 is 1.04 bits per heavy atom. The number of carbonyl (C=O) groups is 1. The van der Waals surface area contributed by atoms with Crippen LogP contribution < -0.4 is 5.32 Å². The van der Waals surface area contributed by atoms with Gasteiger partial charge in [-0.05, 0) is 37.5 Å². The van der Waals surface area contributed by atoms with Gasteiger partial charge in [0.15, 0.2) is 0 Å². The fourth-order valence-electron chi connectivity index (χ4n) is 2.82. The van der Waals surface area contributed by atoms with Crippen LogP contribution in [0.2, 0.25) is 0 Å². The van der Waals surface area contributed by atoms with Crippen LogP contribution in [0.15, 0.2) is 24.3 Å². The van der Waals surface area contributed by atoms with Crippen molar-refractivity contribution in [3.05, 3.63) is 35.4 Å². The summed E-state index contributed by atoms with van der Waals surface area (Å²) in [5, 5.41) is 19.4. The van der Waals surface area contributed by atoms with Crippen LogP contribution in [-0.2, 0) is 6.42 Å². The van der Waals surface area contributed by atoms with Crippen molar-refractivity contribution in [1.29, 1.82) is 5.41 Å². The standard InChI is InChI=1S/C21H34N2O2/c1-3-4-5-6-7-8-9-10-11-18-12-14-19(15-13-18)21(25)23-20(16-24)17(2)22/h12-15,20,22,24H,3-11,16H2,1-2H3,(H,23,25). The molecule has 1 atom stereocenters. The van der Waals surface area contributed by atoms with E-state index in [2.05, 4.69) is 12.2 Å². The lowest BCUT2D eigenvalue weighted by Gasteiger charge is -2.15. The van der Waals surface area contributed by atoms with E-state index in [0.717, 1.165) is 6.42 Å². The third-order valence-electron chi connectivity index (χ3n) is 4.55. The van der Waals surface area contributed by atoms with Crippen molar-refractivity contribution in [2.24, 2.45) is 0 Å². The summed E-state index contributed by atoms with van der Waals surface area (Å²) in [4.78, 5) is 12.1. The zero-order valence-electron chi connectivity index (χ0n) is 15.8. The summed E-state index contributed by atoms with van der Waals surface area (Å²) in [6, 6.07) is 7.04. The first kappa shape index (κ1) is 21.4. The number of nitrogens with one attached hydrogen (secondary N) is 2. The molecule has 25 heavy (non-hydrogen) atoms. The van der Waals surface area contributed by atoms with E-state index >= 15 is 0 Å². The van der Waals surface area contributed by atoms with Crippen LogP contribution >= 0.6 is 0 Å². The maximum atomic E-state index is 12.1. The predicted molar refractivity (Wildman–Crippen MR) is 104 cm³/mol. The van der Waals surface area contributed by atoms with Gasteiger partial charge >= 0.3 is 0 Å². The Kier molecular flexibility index (Phi) is 10.8. The van der Waals surface area contributed by atoms with Crippen LogP contribution in [0, 0.1) is 5.41 Å². The van der Waals surface area contributed by atoms with E-state index in [9.17, 15) is 9.90 Å². The molecule has 0 heterocycles. The number of hydrogen-bond donors (Lipinski definition) is 3. The van der Waals surface area contributed by atoms with Gasteiger partial charge in [-0.1, -0.05) is 64.0 Å². The Morgan fingerprint density at radius 3 is 2.12 bits per heavy atom. The zero-order chi connectivity index (χ0) is 18.5. The van der Waals surface area contributed by atoms with Gasteiger partial charge in [0.25, 0.3) is 5.91 Å². The molecule has 0 aliphatic heterocycles. The van der Waals surface area contributed by atoms with E-state index in [1.165, 1.54) is 56.9 Å². The predicted octanol–water partition coefficient (Wildman–Crippen LogP) is 4.50. The molecule has 4 heteroatoms. The van der Waals surface area contributed by atoms with Crippen molar-refractivity contribution >= 4 is 11.6 Å². The summed E-state index contributed by atoms with van der Waals surface area (Å²) in [7, 11) is 0. The van der Waals surface area contributed by atoms with E-state index in [1.54, 1.807) is 6.92 Å². The molecule has 4 nitrogen and oxygen atoms in total. The Morgan fingerprint density at radius 2 is 1.60 bits per heavy atom. The number of amides is 1. The molecule has 0 spiro atoms. The summed E-state index contributed by atoms with van der Waals surface area (Å²) in [5.41, 5.74) is 2.08. The van der Waals surface area contributed by atoms with Gasteiger partial charge in [-0.2, -0.15) is 0 Å². The first-order chi connectivity index (χ1) is 12.1. The summed E-state index contributed by atoms with van der Waals surface area (Å²) in [6.45, 7) is 3.57. The van der Waals surface area contributed by atoms with Crippen LogP contribution in [0.25, 0.3) is 0 Å². The maximum absolute atomic E-state index is 12.1. The molecule has 0 fully saturated rings. The Balaban J connectivity index is 2.29. The number of carbonyl (C=O) groups excluding carboxylic acids is 1. The van der Waals surface area contributed by atoms with Crippen molar-refractivity contribution in [3.63, 3.8) is 0 Å². The zero-order valence-corrected chi connectivity index (χ0v) is 15.8. The monoisotopic (exact) mass is 346 g/mol. The normalized spacial score (nSPS) is 12.0. The number of aryl methyl sites for hydroxylation is 1. The largest absolute Gasteiger partial charge is 0.394 e. The van der Waals surface area contributed by atoms with Crippen molar-refractivity contribution in [2.75, 3.05) is 6.61 Å². The highest BCUT2D eigenvalue weighted by Crippen LogP contribution is 2.12. The number of aliphatic hydroxyl groups is 1. The lowest BCUT2D eigenvalue weighted by atomic mass is 10.0. The lowest BCUT2D eigenvalue weighted by Crippen LogP contribution is -2.42. The average Bonchev–Trinajstić information content (AvgIpc) is 2.62. The molecule has 1 amide bonds. The van der Waals surface area contributed by atoms with Crippen LogP contribution in [-0.4, -0.2) is 29.4 Å². The van der Waals surface area contributed by atoms with Gasteiger partial charge in [0.1, 0.15) is 0 Å². The number of aliphatic hydroxyl groups excluding tert-OH is 1. The molecule has 140 valence electrons. The number of benzene rings is 1. The Labute approximate surface area is 152 Å². The summed E-state index contributed by atoms with van der Waals surface area (Å²) in [5.74, 6) is -0.246. The first-order valence-corrected chi connectivity index (χ1v) is 9.64. The molecular formula is C21H34N2O2. The van der Waals surface area contributed by atoms with Crippen molar-refractivity contribution in [2.45, 2.75) is 77.7 Å². The number of rotatable bonds is 13. The molecule has 0 bridgehead atoms. The van der Waals surface area contributed by atoms with E-state index in [1.807, 2.05) is 24.3 Å². The third-order valence-corrected chi connectivity index (χ3v) is 4.55. The second-order valence-corrected chi connectivity index (χ2v) is 6.81. The summed E-state index contributed by atoms with van der Waals surface area (Å²) >= 11 is 0. The second-order valence-electron chi connectivity index (χ2n) is 6.81. The van der Waals surface area contributed by atoms with Crippen molar-refractivity contribution in [3.8, 4) is 0 Å². The molecule has 1 unspecified atom stereocenters. The minimum atomic E-state index is -0.607. The van der Waals surface area contributed by atoms with Crippen LogP contribution in [0.4, 0.5) is 0 Å². The number of unbranched alkanes of at least 4 members (excludes halogenated alkanes) is 7. The summed E-state index contributed by atoms with van der Waals surface area (Å²) < 4.78 is 0. The molecule has 0 aromatic heterocycles. The van der Waals surface area contributed by atoms with Crippen molar-refractivity contribution in [1.82, 2.24) is 5.32 Å². The topological polar surface area (TPSA) is 73.2 Å². The summed E-state index contributed by atoms with van der Waals surface area (Å²) in [6.07, 6.45) is 11.6. The van der Waals surface area contributed by atoms with Crippen LogP contribution in [0.1, 0.15) is 81.1 Å². The van der Waals surface area contributed by atoms with Crippen LogP contribution in [0.5, 0.6) is 0 Å². The first-order valence-electron chi connectivity index (χ1n) is 9.64. The van der Waals surface area contributed by atoms with Gasteiger partial charge in [0, 0.05) is 11.3 Å². The van der Waals surface area contributed by atoms with E-state index in [4.69, 9.17) is 5.41 Å². The lowest BCUT2D eigenvalue weighted by molar-refractivity contribution is 0.0933. The van der Waals surface area contributed by atoms with Gasteiger partial charge < -0.3 is 15.8 Å². The molecule has 0 saturated carbocycles. The third kappa shape index (κ3) is 8.82. The molecule has 0 saturated heterocycles.